The normalized spacial score (nSPS) is 14.1. The minimum atomic E-state index is -1.72. The van der Waals surface area contributed by atoms with Gasteiger partial charge >= 0.3 is 5.97 Å². The highest BCUT2D eigenvalue weighted by molar-refractivity contribution is 6.42. The number of fused-ring (bicyclic) bond motifs is 1. The molecule has 0 saturated heterocycles. The Morgan fingerprint density at radius 1 is 0.907 bits per heavy atom. The number of aliphatic hydroxyl groups is 1. The molecule has 8 nitrogen and oxygen atoms in total. The van der Waals surface area contributed by atoms with Gasteiger partial charge in [0.05, 0.1) is 10.0 Å². The Bertz CT molecular complexity index is 1200. The lowest BCUT2D eigenvalue weighted by Crippen LogP contribution is -2.50. The predicted molar refractivity (Wildman–Crippen MR) is 174 cm³/mol. The molecular formula is C33H47Cl2N3O5. The number of unbranched alkanes of at least 4 members (excludes halogenated alkanes) is 3. The third-order valence-electron chi connectivity index (χ3n) is 7.27. The number of anilines is 2. The molecule has 2 aromatic carbocycles. The van der Waals surface area contributed by atoms with E-state index < -0.39 is 29.7 Å². The van der Waals surface area contributed by atoms with Gasteiger partial charge in [-0.15, -0.1) is 0 Å². The molecule has 1 amide bonds. The van der Waals surface area contributed by atoms with Gasteiger partial charge in [-0.25, -0.2) is 4.79 Å². The molecule has 1 aliphatic rings. The number of aliphatic hydroxyl groups excluding tert-OH is 1. The molecule has 2 aromatic rings. The average Bonchev–Trinajstić information content (AvgIpc) is 3.42. The Hall–Kier alpha value is -2.52. The summed E-state index contributed by atoms with van der Waals surface area (Å²) in [5.41, 5.74) is 4.13. The number of carbonyl (C=O) groups excluding carboxylic acids is 2. The van der Waals surface area contributed by atoms with E-state index in [1.165, 1.54) is 28.9 Å². The van der Waals surface area contributed by atoms with Gasteiger partial charge in [-0.05, 0) is 114 Å². The van der Waals surface area contributed by atoms with Crippen molar-refractivity contribution in [2.24, 2.45) is 0 Å². The highest BCUT2D eigenvalue weighted by Crippen LogP contribution is 2.26. The van der Waals surface area contributed by atoms with Crippen LogP contribution < -0.4 is 10.6 Å². The topological polar surface area (TPSA) is 100 Å². The molecule has 0 spiro atoms. The van der Waals surface area contributed by atoms with Crippen LogP contribution in [0.5, 0.6) is 0 Å². The summed E-state index contributed by atoms with van der Waals surface area (Å²) in [6.07, 6.45) is 4.56. The number of nitrogens with one attached hydrogen (secondary N) is 2. The van der Waals surface area contributed by atoms with Crippen molar-refractivity contribution in [1.82, 2.24) is 4.90 Å². The van der Waals surface area contributed by atoms with Crippen molar-refractivity contribution in [3.8, 4) is 0 Å². The van der Waals surface area contributed by atoms with E-state index in [1.807, 2.05) is 6.07 Å². The number of amides is 1. The van der Waals surface area contributed by atoms with E-state index in [9.17, 15) is 14.7 Å². The number of hydrogen-bond acceptors (Lipinski definition) is 7. The maximum absolute atomic E-state index is 13.3. The number of nitrogens with zero attached hydrogens (tertiary/aromatic N) is 1. The highest BCUT2D eigenvalue weighted by atomic mass is 35.5. The fourth-order valence-electron chi connectivity index (χ4n) is 4.95. The Morgan fingerprint density at radius 2 is 1.56 bits per heavy atom. The summed E-state index contributed by atoms with van der Waals surface area (Å²) < 4.78 is 11.1. The first-order chi connectivity index (χ1) is 20.4. The Balaban J connectivity index is 1.42. The molecule has 1 aliphatic carbocycles. The molecule has 10 heteroatoms. The van der Waals surface area contributed by atoms with Crippen molar-refractivity contribution in [3.63, 3.8) is 0 Å². The van der Waals surface area contributed by atoms with Crippen LogP contribution in [0, 0.1) is 0 Å². The maximum atomic E-state index is 13.3. The largest absolute Gasteiger partial charge is 0.458 e. The number of benzene rings is 2. The predicted octanol–water partition coefficient (Wildman–Crippen LogP) is 6.50. The lowest BCUT2D eigenvalue weighted by molar-refractivity contribution is -0.179. The monoisotopic (exact) mass is 635 g/mol. The van der Waals surface area contributed by atoms with Crippen LogP contribution in [0.25, 0.3) is 0 Å². The van der Waals surface area contributed by atoms with Gasteiger partial charge in [0, 0.05) is 44.7 Å². The van der Waals surface area contributed by atoms with E-state index in [-0.39, 0.29) is 6.61 Å². The molecule has 2 atom stereocenters. The van der Waals surface area contributed by atoms with E-state index in [0.717, 1.165) is 50.0 Å². The summed E-state index contributed by atoms with van der Waals surface area (Å²) in [6.45, 7) is 7.33. The van der Waals surface area contributed by atoms with Crippen molar-refractivity contribution in [2.45, 2.75) is 89.9 Å². The van der Waals surface area contributed by atoms with Crippen molar-refractivity contribution in [1.29, 1.82) is 0 Å². The van der Waals surface area contributed by atoms with Gasteiger partial charge in [-0.2, -0.15) is 0 Å². The van der Waals surface area contributed by atoms with Gasteiger partial charge in [0.15, 0.2) is 12.2 Å². The van der Waals surface area contributed by atoms with E-state index in [0.29, 0.717) is 29.6 Å². The van der Waals surface area contributed by atoms with Crippen LogP contribution in [-0.2, 0) is 31.9 Å². The quantitative estimate of drug-likeness (QED) is 0.135. The van der Waals surface area contributed by atoms with Crippen LogP contribution in [-0.4, -0.2) is 73.0 Å². The van der Waals surface area contributed by atoms with E-state index >= 15 is 0 Å². The summed E-state index contributed by atoms with van der Waals surface area (Å²) in [4.78, 5) is 27.5. The molecule has 3 rings (SSSR count). The number of aryl methyl sites for hydroxylation is 2. The number of hydrogen-bond donors (Lipinski definition) is 3. The molecule has 0 aliphatic heterocycles. The molecule has 0 radical (unpaired) electrons. The lowest BCUT2D eigenvalue weighted by atomic mass is 10.1. The zero-order chi connectivity index (χ0) is 31.4. The van der Waals surface area contributed by atoms with Gasteiger partial charge in [-0.1, -0.05) is 29.3 Å². The number of ether oxygens (including phenoxy) is 2. The fourth-order valence-corrected chi connectivity index (χ4v) is 5.25. The van der Waals surface area contributed by atoms with Crippen LogP contribution in [0.2, 0.25) is 10.0 Å². The van der Waals surface area contributed by atoms with Crippen LogP contribution in [0.3, 0.4) is 0 Å². The van der Waals surface area contributed by atoms with Gasteiger partial charge in [-0.3, -0.25) is 4.79 Å². The molecule has 0 heterocycles. The van der Waals surface area contributed by atoms with E-state index in [4.69, 9.17) is 32.7 Å². The van der Waals surface area contributed by atoms with Crippen LogP contribution >= 0.6 is 23.2 Å². The van der Waals surface area contributed by atoms with Crippen molar-refractivity contribution in [3.05, 3.63) is 57.6 Å². The Labute approximate surface area is 266 Å². The van der Waals surface area contributed by atoms with E-state index in [1.54, 1.807) is 40.0 Å². The van der Waals surface area contributed by atoms with E-state index in [2.05, 4.69) is 28.8 Å². The summed E-state index contributed by atoms with van der Waals surface area (Å²) in [7, 11) is 1.67. The van der Waals surface area contributed by atoms with Crippen molar-refractivity contribution < 1.29 is 24.2 Å². The summed E-state index contributed by atoms with van der Waals surface area (Å²) >= 11 is 12.0. The standard InChI is InChI=1S/C33H47Cl2N3O5/c1-33(2,3)43-32(41)29(39)30(42-20-9-7-18-37-26-15-16-27(34)28(35)22-26)31(40)38(4)19-8-5-6-17-36-25-14-13-23-11-10-12-24(23)21-25/h13-16,21-22,29-30,36-37,39H,5-12,17-20H2,1-4H3/t29-,30-/m1/s1. The number of halogens is 2. The minimum Gasteiger partial charge on any atom is -0.458 e. The smallest absolute Gasteiger partial charge is 0.338 e. The first kappa shape index (κ1) is 35.0. The Kier molecular flexibility index (Phi) is 13.9. The molecular weight excluding hydrogens is 589 g/mol. The molecule has 0 aromatic heterocycles. The van der Waals surface area contributed by atoms with Gasteiger partial charge < -0.3 is 30.1 Å². The molecule has 43 heavy (non-hydrogen) atoms. The number of carbonyl (C=O) groups is 2. The summed E-state index contributed by atoms with van der Waals surface area (Å²) in [5.74, 6) is -1.32. The minimum absolute atomic E-state index is 0.196. The third kappa shape index (κ3) is 11.8. The molecule has 0 saturated carbocycles. The second kappa shape index (κ2) is 17.1. The second-order valence-electron chi connectivity index (χ2n) is 12.1. The second-order valence-corrected chi connectivity index (χ2v) is 12.9. The molecule has 238 valence electrons. The van der Waals surface area contributed by atoms with Crippen LogP contribution in [0.4, 0.5) is 11.4 Å². The molecule has 0 unspecified atom stereocenters. The van der Waals surface area contributed by atoms with Gasteiger partial charge in [0.2, 0.25) is 0 Å². The Morgan fingerprint density at radius 3 is 2.26 bits per heavy atom. The lowest BCUT2D eigenvalue weighted by Gasteiger charge is -2.28. The zero-order valence-corrected chi connectivity index (χ0v) is 27.4. The highest BCUT2D eigenvalue weighted by Gasteiger charge is 2.37. The third-order valence-corrected chi connectivity index (χ3v) is 8.01. The van der Waals surface area contributed by atoms with Crippen LogP contribution in [0.15, 0.2) is 36.4 Å². The van der Waals surface area contributed by atoms with Gasteiger partial charge in [0.1, 0.15) is 5.60 Å². The number of rotatable bonds is 17. The number of likely N-dealkylation sites (N-methyl/N-ethyl adjacent to an activating group) is 1. The van der Waals surface area contributed by atoms with Crippen LogP contribution in [0.1, 0.15) is 70.4 Å². The number of esters is 1. The summed E-state index contributed by atoms with van der Waals surface area (Å²) in [6, 6.07) is 12.0. The fraction of sp³-hybridized carbons (Fsp3) is 0.576. The first-order valence-electron chi connectivity index (χ1n) is 15.3. The maximum Gasteiger partial charge on any atom is 0.338 e. The van der Waals surface area contributed by atoms with Crippen molar-refractivity contribution >= 4 is 46.5 Å². The van der Waals surface area contributed by atoms with Crippen molar-refractivity contribution in [2.75, 3.05) is 43.9 Å². The zero-order valence-electron chi connectivity index (χ0n) is 25.9. The SMILES string of the molecule is CN(CCCCCNc1ccc2c(c1)CCC2)C(=O)[C@H](OCCCCNc1ccc(Cl)c(Cl)c1)[C@@H](O)C(=O)OC(C)(C)C. The first-order valence-corrected chi connectivity index (χ1v) is 16.0. The molecule has 0 bridgehead atoms. The summed E-state index contributed by atoms with van der Waals surface area (Å²) in [5, 5.41) is 18.5. The average molecular weight is 637 g/mol. The molecule has 3 N–H and O–H groups in total. The van der Waals surface area contributed by atoms with Gasteiger partial charge in [0.25, 0.3) is 5.91 Å². The molecule has 0 fully saturated rings.